The molecular formula is C17H9ClF3N3O3S2. The number of carboxylic acids is 1. The van der Waals surface area contributed by atoms with Gasteiger partial charge in [0.25, 0.3) is 0 Å². The largest absolute Gasteiger partial charge is 0.481 e. The smallest absolute Gasteiger partial charge is 0.305 e. The van der Waals surface area contributed by atoms with Gasteiger partial charge in [-0.05, 0) is 6.07 Å². The van der Waals surface area contributed by atoms with E-state index in [9.17, 15) is 22.8 Å². The number of nitrogens with zero attached hydrogens (tertiary/aromatic N) is 3. The normalized spacial score (nSPS) is 16.3. The van der Waals surface area contributed by atoms with Crippen LogP contribution >= 0.6 is 34.7 Å². The van der Waals surface area contributed by atoms with Gasteiger partial charge in [0.1, 0.15) is 22.2 Å². The number of aromatic nitrogens is 2. The fourth-order valence-electron chi connectivity index (χ4n) is 2.86. The molecule has 1 aliphatic rings. The topological polar surface area (TPSA) is 83.4 Å². The van der Waals surface area contributed by atoms with E-state index < -0.39 is 46.5 Å². The van der Waals surface area contributed by atoms with Crippen LogP contribution in [0.5, 0.6) is 0 Å². The van der Waals surface area contributed by atoms with Gasteiger partial charge < -0.3 is 5.11 Å². The van der Waals surface area contributed by atoms with Gasteiger partial charge in [0.2, 0.25) is 5.91 Å². The number of fused-ring (bicyclic) bond motifs is 2. The molecule has 4 rings (SSSR count). The maximum absolute atomic E-state index is 14.0. The van der Waals surface area contributed by atoms with Crippen LogP contribution in [0.25, 0.3) is 10.2 Å². The predicted molar refractivity (Wildman–Crippen MR) is 102 cm³/mol. The number of aliphatic carboxylic acids is 1. The molecule has 3 heterocycles. The maximum atomic E-state index is 14.0. The van der Waals surface area contributed by atoms with Gasteiger partial charge in [-0.25, -0.2) is 23.1 Å². The molecule has 0 radical (unpaired) electrons. The van der Waals surface area contributed by atoms with E-state index in [1.165, 1.54) is 11.1 Å². The number of carbonyl (C=O) groups excluding carboxylic acids is 1. The van der Waals surface area contributed by atoms with Crippen molar-refractivity contribution < 1.29 is 27.9 Å². The Bertz CT molecular complexity index is 1170. The average Bonchev–Trinajstić information content (AvgIpc) is 3.07. The molecule has 1 unspecified atom stereocenters. The number of pyridine rings is 1. The van der Waals surface area contributed by atoms with Crippen LogP contribution in [0.2, 0.25) is 5.02 Å². The van der Waals surface area contributed by atoms with Crippen LogP contribution in [0, 0.1) is 17.5 Å². The number of rotatable bonds is 4. The third-order valence-corrected chi connectivity index (χ3v) is 6.54. The van der Waals surface area contributed by atoms with Crippen molar-refractivity contribution in [2.45, 2.75) is 23.1 Å². The van der Waals surface area contributed by atoms with Gasteiger partial charge in [-0.3, -0.25) is 14.5 Å². The highest BCUT2D eigenvalue weighted by Crippen LogP contribution is 2.41. The zero-order chi connectivity index (χ0) is 20.9. The number of hydrogen-bond acceptors (Lipinski definition) is 6. The zero-order valence-electron chi connectivity index (χ0n) is 14.2. The molecule has 2 aromatic heterocycles. The van der Waals surface area contributed by atoms with Crippen LogP contribution in [0.3, 0.4) is 0 Å². The second-order valence-corrected chi connectivity index (χ2v) is 8.81. The lowest BCUT2D eigenvalue weighted by Crippen LogP contribution is -2.42. The summed E-state index contributed by atoms with van der Waals surface area (Å²) in [4.78, 5) is 33.7. The van der Waals surface area contributed by atoms with Crippen LogP contribution in [-0.4, -0.2) is 32.2 Å². The summed E-state index contributed by atoms with van der Waals surface area (Å²) in [7, 11) is 0. The first-order chi connectivity index (χ1) is 13.7. The molecule has 0 saturated heterocycles. The number of halogens is 4. The molecule has 0 bridgehead atoms. The van der Waals surface area contributed by atoms with Gasteiger partial charge in [-0.15, -0.1) is 23.1 Å². The average molecular weight is 460 g/mol. The molecule has 1 aliphatic heterocycles. The van der Waals surface area contributed by atoms with E-state index in [0.717, 1.165) is 23.1 Å². The lowest BCUT2D eigenvalue weighted by Gasteiger charge is -2.31. The van der Waals surface area contributed by atoms with Crippen LogP contribution in [0.1, 0.15) is 11.4 Å². The van der Waals surface area contributed by atoms with Crippen molar-refractivity contribution >= 4 is 62.6 Å². The molecule has 1 atom stereocenters. The Morgan fingerprint density at radius 1 is 1.28 bits per heavy atom. The molecule has 6 nitrogen and oxygen atoms in total. The summed E-state index contributed by atoms with van der Waals surface area (Å²) in [5, 5.41) is 8.60. The summed E-state index contributed by atoms with van der Waals surface area (Å²) in [6.07, 6.45) is 0.895. The molecule has 1 amide bonds. The maximum Gasteiger partial charge on any atom is 0.305 e. The Hall–Kier alpha value is -2.37. The highest BCUT2D eigenvalue weighted by atomic mass is 35.5. The summed E-state index contributed by atoms with van der Waals surface area (Å²) in [5.41, 5.74) is -0.465. The van der Waals surface area contributed by atoms with E-state index in [1.54, 1.807) is 6.07 Å². The lowest BCUT2D eigenvalue weighted by molar-refractivity contribution is -0.138. The second kappa shape index (κ2) is 7.47. The van der Waals surface area contributed by atoms with Gasteiger partial charge in [0.05, 0.1) is 32.8 Å². The molecule has 150 valence electrons. The quantitative estimate of drug-likeness (QED) is 0.587. The molecule has 29 heavy (non-hydrogen) atoms. The van der Waals surface area contributed by atoms with Crippen LogP contribution < -0.4 is 4.90 Å². The molecule has 12 heteroatoms. The monoisotopic (exact) mass is 459 g/mol. The number of benzene rings is 1. The summed E-state index contributed by atoms with van der Waals surface area (Å²) >= 11 is 7.75. The van der Waals surface area contributed by atoms with E-state index in [2.05, 4.69) is 9.97 Å². The third kappa shape index (κ3) is 3.65. The zero-order valence-corrected chi connectivity index (χ0v) is 16.5. The van der Waals surface area contributed by atoms with Crippen molar-refractivity contribution in [1.29, 1.82) is 0 Å². The summed E-state index contributed by atoms with van der Waals surface area (Å²) in [6.45, 7) is -0.211. The number of carboxylic acid groups (broad SMARTS) is 1. The Labute approximate surface area is 174 Å². The summed E-state index contributed by atoms with van der Waals surface area (Å²) in [6, 6.07) is 1.99. The minimum Gasteiger partial charge on any atom is -0.481 e. The van der Waals surface area contributed by atoms with Gasteiger partial charge in [-0.1, -0.05) is 11.6 Å². The van der Waals surface area contributed by atoms with E-state index in [-0.39, 0.29) is 22.1 Å². The van der Waals surface area contributed by atoms with Gasteiger partial charge >= 0.3 is 5.97 Å². The van der Waals surface area contributed by atoms with E-state index in [0.29, 0.717) is 16.0 Å². The first kappa shape index (κ1) is 19.9. The van der Waals surface area contributed by atoms with Crippen LogP contribution in [0.15, 0.2) is 23.2 Å². The van der Waals surface area contributed by atoms with E-state index in [4.69, 9.17) is 16.7 Å². The first-order valence-corrected chi connectivity index (χ1v) is 10.1. The molecule has 0 aliphatic carbocycles. The number of amides is 1. The predicted octanol–water partition coefficient (Wildman–Crippen LogP) is 4.24. The Kier molecular flexibility index (Phi) is 5.13. The second-order valence-electron chi connectivity index (χ2n) is 6.04. The number of thiazole rings is 1. The fraction of sp³-hybridized carbons (Fsp3) is 0.176. The Balaban J connectivity index is 1.76. The molecule has 3 aromatic rings. The number of anilines is 1. The number of carbonyl (C=O) groups is 2. The highest BCUT2D eigenvalue weighted by Gasteiger charge is 2.36. The number of thioether (sulfide) groups is 1. The van der Waals surface area contributed by atoms with Crippen molar-refractivity contribution in [1.82, 2.24) is 9.97 Å². The molecule has 1 N–H and O–H groups in total. The van der Waals surface area contributed by atoms with Crippen LogP contribution in [-0.2, 0) is 16.1 Å². The molecule has 0 saturated carbocycles. The van der Waals surface area contributed by atoms with Crippen molar-refractivity contribution in [3.05, 3.63) is 45.8 Å². The van der Waals surface area contributed by atoms with Crippen molar-refractivity contribution in [3.8, 4) is 0 Å². The lowest BCUT2D eigenvalue weighted by atomic mass is 10.2. The first-order valence-electron chi connectivity index (χ1n) is 8.03. The Morgan fingerprint density at radius 3 is 2.76 bits per heavy atom. The SMILES string of the molecule is O=C(O)CC1Sc2cc(Cl)cnc2N(Cc2nc3c(F)c(F)cc(F)c3s2)C1=O. The fourth-order valence-corrected chi connectivity index (χ4v) is 5.26. The van der Waals surface area contributed by atoms with E-state index in [1.807, 2.05) is 0 Å². The summed E-state index contributed by atoms with van der Waals surface area (Å²) in [5.74, 6) is -5.06. The third-order valence-electron chi connectivity index (χ3n) is 4.08. The van der Waals surface area contributed by atoms with Crippen molar-refractivity contribution in [2.75, 3.05) is 4.90 Å². The minimum atomic E-state index is -1.36. The highest BCUT2D eigenvalue weighted by molar-refractivity contribution is 8.01. The molecule has 1 aromatic carbocycles. The van der Waals surface area contributed by atoms with Crippen molar-refractivity contribution in [2.24, 2.45) is 0 Å². The van der Waals surface area contributed by atoms with E-state index >= 15 is 0 Å². The van der Waals surface area contributed by atoms with Crippen LogP contribution in [0.4, 0.5) is 19.0 Å². The standard InChI is InChI=1S/C17H9ClF3N3O3S2/c18-6-1-9-16(22-4-6)24(17(27)10(28-9)3-12(25)26)5-11-23-14-13(21)7(19)2-8(20)15(14)29-11/h1-2,4,10H,3,5H2,(H,25,26). The molecular weight excluding hydrogens is 451 g/mol. The van der Waals surface area contributed by atoms with Crippen molar-refractivity contribution in [3.63, 3.8) is 0 Å². The van der Waals surface area contributed by atoms with Gasteiger partial charge in [0.15, 0.2) is 11.6 Å². The minimum absolute atomic E-state index is 0.139. The molecule has 0 fully saturated rings. The molecule has 0 spiro atoms. The summed E-state index contributed by atoms with van der Waals surface area (Å²) < 4.78 is 41.2. The Morgan fingerprint density at radius 2 is 2.03 bits per heavy atom. The van der Waals surface area contributed by atoms with Gasteiger partial charge in [0, 0.05) is 12.3 Å². The van der Waals surface area contributed by atoms with Gasteiger partial charge in [-0.2, -0.15) is 0 Å². The number of hydrogen-bond donors (Lipinski definition) is 1.